The number of aryl methyl sites for hydroxylation is 3. The lowest BCUT2D eigenvalue weighted by atomic mass is 9.99. The van der Waals surface area contributed by atoms with Gasteiger partial charge in [-0.1, -0.05) is 35.4 Å². The summed E-state index contributed by atoms with van der Waals surface area (Å²) in [6.07, 6.45) is 0.341. The second kappa shape index (κ2) is 7.42. The normalized spacial score (nSPS) is 10.4. The molecule has 2 aromatic rings. The second-order valence-electron chi connectivity index (χ2n) is 5.75. The van der Waals surface area contributed by atoms with Gasteiger partial charge in [-0.15, -0.1) is 0 Å². The van der Waals surface area contributed by atoms with Crippen molar-refractivity contribution in [1.29, 1.82) is 0 Å². The molecule has 0 aliphatic carbocycles. The number of benzene rings is 2. The zero-order chi connectivity index (χ0) is 17.0. The van der Waals surface area contributed by atoms with Gasteiger partial charge < -0.3 is 5.32 Å². The molecule has 23 heavy (non-hydrogen) atoms. The molecule has 0 atom stereocenters. The van der Waals surface area contributed by atoms with Crippen molar-refractivity contribution in [1.82, 2.24) is 0 Å². The molecular weight excluding hydrogens is 310 g/mol. The zero-order valence-corrected chi connectivity index (χ0v) is 14.3. The van der Waals surface area contributed by atoms with Crippen LogP contribution in [0.15, 0.2) is 36.4 Å². The van der Waals surface area contributed by atoms with E-state index in [2.05, 4.69) is 5.32 Å². The summed E-state index contributed by atoms with van der Waals surface area (Å²) >= 11 is 6.03. The van der Waals surface area contributed by atoms with Crippen LogP contribution in [-0.2, 0) is 4.79 Å². The number of hydrogen-bond donors (Lipinski definition) is 1. The van der Waals surface area contributed by atoms with Crippen molar-refractivity contribution in [3.63, 3.8) is 0 Å². The van der Waals surface area contributed by atoms with Crippen LogP contribution in [-0.4, -0.2) is 11.7 Å². The number of ketones is 1. The minimum atomic E-state index is -0.191. The average molecular weight is 330 g/mol. The molecule has 0 saturated carbocycles. The van der Waals surface area contributed by atoms with Gasteiger partial charge in [-0.25, -0.2) is 0 Å². The molecule has 1 N–H and O–H groups in total. The molecule has 2 rings (SSSR count). The Bertz CT molecular complexity index is 753. The van der Waals surface area contributed by atoms with Crippen molar-refractivity contribution in [2.24, 2.45) is 0 Å². The highest BCUT2D eigenvalue weighted by Crippen LogP contribution is 2.20. The van der Waals surface area contributed by atoms with Crippen LogP contribution in [0.25, 0.3) is 0 Å². The van der Waals surface area contributed by atoms with Gasteiger partial charge in [0.2, 0.25) is 5.91 Å². The maximum Gasteiger partial charge on any atom is 0.224 e. The average Bonchev–Trinajstić information content (AvgIpc) is 2.51. The molecule has 0 aromatic heterocycles. The molecule has 0 aliphatic rings. The van der Waals surface area contributed by atoms with E-state index in [1.807, 2.05) is 45.0 Å². The van der Waals surface area contributed by atoms with Crippen LogP contribution in [0.1, 0.15) is 39.9 Å². The number of halogens is 1. The van der Waals surface area contributed by atoms with E-state index in [-0.39, 0.29) is 24.5 Å². The molecule has 0 bridgehead atoms. The van der Waals surface area contributed by atoms with Crippen LogP contribution < -0.4 is 5.32 Å². The van der Waals surface area contributed by atoms with Gasteiger partial charge in [-0.2, -0.15) is 0 Å². The quantitative estimate of drug-likeness (QED) is 0.796. The minimum Gasteiger partial charge on any atom is -0.326 e. The second-order valence-corrected chi connectivity index (χ2v) is 6.16. The van der Waals surface area contributed by atoms with E-state index >= 15 is 0 Å². The van der Waals surface area contributed by atoms with Crippen LogP contribution in [0, 0.1) is 20.8 Å². The summed E-state index contributed by atoms with van der Waals surface area (Å²) in [7, 11) is 0. The van der Waals surface area contributed by atoms with E-state index < -0.39 is 0 Å². The molecule has 2 aromatic carbocycles. The van der Waals surface area contributed by atoms with E-state index in [1.165, 1.54) is 0 Å². The molecule has 0 spiro atoms. The van der Waals surface area contributed by atoms with Gasteiger partial charge in [-0.3, -0.25) is 9.59 Å². The van der Waals surface area contributed by atoms with Gasteiger partial charge in [0.05, 0.1) is 0 Å². The van der Waals surface area contributed by atoms with Crippen molar-refractivity contribution in [3.8, 4) is 0 Å². The van der Waals surface area contributed by atoms with Crippen LogP contribution in [0.4, 0.5) is 5.69 Å². The highest BCUT2D eigenvalue weighted by atomic mass is 35.5. The fourth-order valence-electron chi connectivity index (χ4n) is 2.29. The predicted molar refractivity (Wildman–Crippen MR) is 94.3 cm³/mol. The first kappa shape index (κ1) is 17.2. The number of rotatable bonds is 5. The van der Waals surface area contributed by atoms with Crippen LogP contribution in [0.5, 0.6) is 0 Å². The van der Waals surface area contributed by atoms with Crippen LogP contribution >= 0.6 is 11.6 Å². The Balaban J connectivity index is 1.94. The SMILES string of the molecule is Cc1ccc(C)c(C(=O)CCC(=O)Nc2ccc(C)c(Cl)c2)c1. The minimum absolute atomic E-state index is 0.0108. The van der Waals surface area contributed by atoms with E-state index in [1.54, 1.807) is 12.1 Å². The fraction of sp³-hybridized carbons (Fsp3) is 0.263. The molecule has 1 amide bonds. The summed E-state index contributed by atoms with van der Waals surface area (Å²) in [5.74, 6) is -0.202. The first-order valence-corrected chi connectivity index (χ1v) is 7.91. The van der Waals surface area contributed by atoms with Crippen molar-refractivity contribution < 1.29 is 9.59 Å². The van der Waals surface area contributed by atoms with Crippen molar-refractivity contribution in [2.45, 2.75) is 33.6 Å². The molecule has 0 fully saturated rings. The Labute approximate surface area is 141 Å². The summed E-state index contributed by atoms with van der Waals surface area (Å²) < 4.78 is 0. The van der Waals surface area contributed by atoms with Gasteiger partial charge >= 0.3 is 0 Å². The van der Waals surface area contributed by atoms with Crippen LogP contribution in [0.2, 0.25) is 5.02 Å². The lowest BCUT2D eigenvalue weighted by molar-refractivity contribution is -0.116. The smallest absolute Gasteiger partial charge is 0.224 e. The third kappa shape index (κ3) is 4.67. The Morgan fingerprint density at radius 3 is 2.35 bits per heavy atom. The maximum atomic E-state index is 12.3. The number of anilines is 1. The van der Waals surface area contributed by atoms with Gasteiger partial charge in [0, 0.05) is 29.1 Å². The third-order valence-electron chi connectivity index (χ3n) is 3.73. The summed E-state index contributed by atoms with van der Waals surface area (Å²) in [5, 5.41) is 3.37. The van der Waals surface area contributed by atoms with Gasteiger partial charge in [0.1, 0.15) is 0 Å². The van der Waals surface area contributed by atoms with E-state index in [4.69, 9.17) is 11.6 Å². The molecule has 120 valence electrons. The molecule has 3 nitrogen and oxygen atoms in total. The molecule has 0 unspecified atom stereocenters. The van der Waals surface area contributed by atoms with Crippen molar-refractivity contribution in [3.05, 3.63) is 63.7 Å². The Morgan fingerprint density at radius 1 is 0.957 bits per heavy atom. The monoisotopic (exact) mass is 329 g/mol. The topological polar surface area (TPSA) is 46.2 Å². The lowest BCUT2D eigenvalue weighted by Gasteiger charge is -2.08. The van der Waals surface area contributed by atoms with E-state index in [0.29, 0.717) is 16.3 Å². The highest BCUT2D eigenvalue weighted by molar-refractivity contribution is 6.31. The summed E-state index contributed by atoms with van der Waals surface area (Å²) in [6.45, 7) is 5.75. The predicted octanol–water partition coefficient (Wildman–Crippen LogP) is 4.87. The number of carbonyl (C=O) groups excluding carboxylic acids is 2. The molecule has 0 saturated heterocycles. The van der Waals surface area contributed by atoms with E-state index in [9.17, 15) is 9.59 Å². The standard InChI is InChI=1S/C19H20ClNO2/c1-12-4-5-13(2)16(10-12)18(22)8-9-19(23)21-15-7-6-14(3)17(20)11-15/h4-7,10-11H,8-9H2,1-3H3,(H,21,23). The molecule has 0 radical (unpaired) electrons. The van der Waals surface area contributed by atoms with E-state index in [0.717, 1.165) is 16.7 Å². The molecule has 0 heterocycles. The largest absolute Gasteiger partial charge is 0.326 e. The van der Waals surface area contributed by atoms with Gasteiger partial charge in [0.25, 0.3) is 0 Å². The lowest BCUT2D eigenvalue weighted by Crippen LogP contribution is -2.14. The summed E-state index contributed by atoms with van der Waals surface area (Å²) in [4.78, 5) is 24.3. The molecule has 0 aliphatic heterocycles. The Morgan fingerprint density at radius 2 is 1.65 bits per heavy atom. The highest BCUT2D eigenvalue weighted by Gasteiger charge is 2.12. The number of amides is 1. The number of carbonyl (C=O) groups is 2. The molecular formula is C19H20ClNO2. The first-order valence-electron chi connectivity index (χ1n) is 7.53. The number of Topliss-reactive ketones (excluding diaryl/α,β-unsaturated/α-hetero) is 1. The number of hydrogen-bond acceptors (Lipinski definition) is 2. The fourth-order valence-corrected chi connectivity index (χ4v) is 2.47. The zero-order valence-electron chi connectivity index (χ0n) is 13.6. The van der Waals surface area contributed by atoms with Crippen molar-refractivity contribution >= 4 is 29.0 Å². The van der Waals surface area contributed by atoms with Gasteiger partial charge in [-0.05, 0) is 50.1 Å². The third-order valence-corrected chi connectivity index (χ3v) is 4.14. The maximum absolute atomic E-state index is 12.3. The van der Waals surface area contributed by atoms with Gasteiger partial charge in [0.15, 0.2) is 5.78 Å². The summed E-state index contributed by atoms with van der Waals surface area (Å²) in [5.41, 5.74) is 4.26. The van der Waals surface area contributed by atoms with Crippen LogP contribution in [0.3, 0.4) is 0 Å². The first-order chi connectivity index (χ1) is 10.9. The number of nitrogens with one attached hydrogen (secondary N) is 1. The summed E-state index contributed by atoms with van der Waals surface area (Å²) in [6, 6.07) is 11.1. The van der Waals surface area contributed by atoms with Crippen molar-refractivity contribution in [2.75, 3.05) is 5.32 Å². The molecule has 4 heteroatoms. The Kier molecular flexibility index (Phi) is 5.56. The Hall–Kier alpha value is -2.13.